The third-order valence-corrected chi connectivity index (χ3v) is 8.35. The molecule has 5 N–H and O–H groups in total. The van der Waals surface area contributed by atoms with Crippen LogP contribution in [0.15, 0.2) is 96.1 Å². The minimum Gasteiger partial charge on any atom is -0.506 e. The number of nitrogens with zero attached hydrogens (tertiary/aromatic N) is 2. The van der Waals surface area contributed by atoms with Crippen LogP contribution in [0.4, 0.5) is 5.69 Å². The van der Waals surface area contributed by atoms with Gasteiger partial charge in [-0.25, -0.2) is 0 Å². The number of benzene rings is 2. The van der Waals surface area contributed by atoms with Crippen LogP contribution in [0.5, 0.6) is 0 Å². The van der Waals surface area contributed by atoms with E-state index in [0.717, 1.165) is 22.2 Å². The fourth-order valence-corrected chi connectivity index (χ4v) is 5.71. The van der Waals surface area contributed by atoms with E-state index < -0.39 is 15.2 Å². The maximum absolute atomic E-state index is 13.1. The quantitative estimate of drug-likeness (QED) is 0.152. The van der Waals surface area contributed by atoms with Gasteiger partial charge in [0.05, 0.1) is 22.7 Å². The van der Waals surface area contributed by atoms with Crippen molar-refractivity contribution in [1.29, 1.82) is 0 Å². The van der Waals surface area contributed by atoms with Crippen LogP contribution in [-0.4, -0.2) is 49.3 Å². The van der Waals surface area contributed by atoms with Gasteiger partial charge in [0.15, 0.2) is 12.7 Å². The monoisotopic (exact) mass is 581 g/mol. The zero-order chi connectivity index (χ0) is 28.7. The summed E-state index contributed by atoms with van der Waals surface area (Å²) in [5, 5.41) is 11.6. The van der Waals surface area contributed by atoms with Gasteiger partial charge in [-0.2, -0.15) is 4.57 Å². The number of aliphatic hydroxyl groups excluding tert-OH is 1. The first-order valence-electron chi connectivity index (χ1n) is 12.4. The van der Waals surface area contributed by atoms with E-state index in [1.165, 1.54) is 0 Å². The molecule has 0 atom stereocenters. The standard InChI is InChI=1S/C28H26N2O8P2/c31-27-23(17-19-9-11-29(13-15-39(33,34)35)25-7-3-1-5-21(19)25)28(32)24(27)18-20-10-12-30(14-16-40(36,37)38)26-8-4-2-6-22(20)26/h1-12,17-18H,13-16H2,(H4-,31,32,33,34,35,36,37,38)/p+1. The Labute approximate surface area is 229 Å². The first kappa shape index (κ1) is 27.9. The number of pyridine rings is 1. The number of rotatable bonds is 8. The molecule has 0 saturated carbocycles. The molecule has 206 valence electrons. The summed E-state index contributed by atoms with van der Waals surface area (Å²) < 4.78 is 24.4. The summed E-state index contributed by atoms with van der Waals surface area (Å²) >= 11 is 0. The molecule has 5 rings (SSSR count). The van der Waals surface area contributed by atoms with Crippen molar-refractivity contribution < 1.29 is 43.2 Å². The predicted molar refractivity (Wildman–Crippen MR) is 152 cm³/mol. The lowest BCUT2D eigenvalue weighted by Gasteiger charge is -2.28. The van der Waals surface area contributed by atoms with Crippen molar-refractivity contribution in [3.8, 4) is 0 Å². The lowest BCUT2D eigenvalue weighted by atomic mass is 9.84. The van der Waals surface area contributed by atoms with Crippen molar-refractivity contribution in [2.24, 2.45) is 0 Å². The number of aryl methyl sites for hydroxylation is 1. The van der Waals surface area contributed by atoms with Gasteiger partial charge in [-0.05, 0) is 41.5 Å². The number of hydrogen-bond donors (Lipinski definition) is 5. The zero-order valence-corrected chi connectivity index (χ0v) is 22.9. The maximum atomic E-state index is 13.1. The summed E-state index contributed by atoms with van der Waals surface area (Å²) in [5.41, 5.74) is 3.88. The van der Waals surface area contributed by atoms with E-state index in [1.807, 2.05) is 48.5 Å². The average molecular weight is 581 g/mol. The third-order valence-electron chi connectivity index (χ3n) is 6.78. The maximum Gasteiger partial charge on any atom is 0.331 e. The summed E-state index contributed by atoms with van der Waals surface area (Å²) in [6.45, 7) is 0.240. The number of fused-ring (bicyclic) bond motifs is 2. The van der Waals surface area contributed by atoms with Gasteiger partial charge < -0.3 is 29.6 Å². The molecule has 0 saturated heterocycles. The van der Waals surface area contributed by atoms with Crippen molar-refractivity contribution >= 4 is 49.2 Å². The number of carbonyl (C=O) groups excluding carboxylic acids is 1. The van der Waals surface area contributed by atoms with E-state index in [-0.39, 0.29) is 48.1 Å². The van der Waals surface area contributed by atoms with Crippen LogP contribution >= 0.6 is 15.2 Å². The van der Waals surface area contributed by atoms with Crippen molar-refractivity contribution in [2.45, 2.75) is 6.54 Å². The van der Waals surface area contributed by atoms with Gasteiger partial charge in [-0.1, -0.05) is 30.3 Å². The number of carbonyl (C=O) groups is 1. The molecule has 0 spiro atoms. The Morgan fingerprint density at radius 1 is 0.875 bits per heavy atom. The first-order valence-corrected chi connectivity index (χ1v) is 16.0. The first-order chi connectivity index (χ1) is 18.9. The average Bonchev–Trinajstić information content (AvgIpc) is 2.92. The second-order valence-electron chi connectivity index (χ2n) is 9.53. The molecule has 0 unspecified atom stereocenters. The summed E-state index contributed by atoms with van der Waals surface area (Å²) in [7, 11) is -8.35. The third kappa shape index (κ3) is 5.93. The van der Waals surface area contributed by atoms with Gasteiger partial charge in [0.1, 0.15) is 11.9 Å². The van der Waals surface area contributed by atoms with E-state index >= 15 is 0 Å². The highest BCUT2D eigenvalue weighted by atomic mass is 31.2. The highest BCUT2D eigenvalue weighted by Crippen LogP contribution is 2.40. The zero-order valence-electron chi connectivity index (χ0n) is 21.2. The summed E-state index contributed by atoms with van der Waals surface area (Å²) in [6.07, 6.45) is 7.71. The Morgan fingerprint density at radius 3 is 2.30 bits per heavy atom. The van der Waals surface area contributed by atoms with E-state index in [9.17, 15) is 38.6 Å². The van der Waals surface area contributed by atoms with Crippen LogP contribution in [0.25, 0.3) is 22.6 Å². The number of anilines is 1. The number of ketones is 1. The molecule has 0 fully saturated rings. The van der Waals surface area contributed by atoms with Crippen LogP contribution in [0, 0.1) is 0 Å². The minimum atomic E-state index is -4.17. The van der Waals surface area contributed by atoms with Crippen molar-refractivity contribution in [2.75, 3.05) is 23.8 Å². The minimum absolute atomic E-state index is 0.120. The largest absolute Gasteiger partial charge is 0.506 e. The van der Waals surface area contributed by atoms with E-state index in [4.69, 9.17) is 0 Å². The van der Waals surface area contributed by atoms with Crippen LogP contribution in [-0.2, 0) is 20.5 Å². The molecule has 40 heavy (non-hydrogen) atoms. The van der Waals surface area contributed by atoms with Crippen molar-refractivity contribution in [3.63, 3.8) is 0 Å². The molecule has 1 aliphatic heterocycles. The molecule has 2 heterocycles. The molecule has 2 aromatic carbocycles. The molecule has 0 amide bonds. The van der Waals surface area contributed by atoms with Crippen LogP contribution in [0.2, 0.25) is 0 Å². The fourth-order valence-electron chi connectivity index (χ4n) is 4.76. The molecule has 1 aromatic heterocycles. The van der Waals surface area contributed by atoms with E-state index in [0.29, 0.717) is 11.1 Å². The number of allylic oxidation sites excluding steroid dienone is 5. The van der Waals surface area contributed by atoms with Crippen LogP contribution < -0.4 is 9.47 Å². The second kappa shape index (κ2) is 10.7. The Kier molecular flexibility index (Phi) is 7.50. The molecule has 10 nitrogen and oxygen atoms in total. The molecule has 2 aliphatic rings. The topological polar surface area (TPSA) is 159 Å². The molecule has 3 aromatic rings. The molecule has 0 bridgehead atoms. The normalized spacial score (nSPS) is 17.6. The lowest BCUT2D eigenvalue weighted by molar-refractivity contribution is -0.667. The lowest BCUT2D eigenvalue weighted by Crippen LogP contribution is -2.36. The van der Waals surface area contributed by atoms with Gasteiger partial charge in [-0.15, -0.1) is 0 Å². The molecular weight excluding hydrogens is 554 g/mol. The molecule has 12 heteroatoms. The Hall–Kier alpha value is -3.62. The number of Topliss-reactive ketones (excluding diaryl/α,β-unsaturated/α-hetero) is 1. The van der Waals surface area contributed by atoms with Gasteiger partial charge in [0.2, 0.25) is 11.3 Å². The number of aliphatic hydroxyl groups is 1. The summed E-state index contributed by atoms with van der Waals surface area (Å²) in [6, 6.07) is 16.3. The van der Waals surface area contributed by atoms with Gasteiger partial charge >= 0.3 is 15.2 Å². The Balaban J connectivity index is 1.45. The highest BCUT2D eigenvalue weighted by molar-refractivity contribution is 7.52. The number of para-hydroxylation sites is 2. The van der Waals surface area contributed by atoms with Gasteiger partial charge in [0.25, 0.3) is 0 Å². The molecule has 1 aliphatic carbocycles. The Morgan fingerprint density at radius 2 is 1.57 bits per heavy atom. The number of hydrogen-bond acceptors (Lipinski definition) is 5. The van der Waals surface area contributed by atoms with Crippen molar-refractivity contribution in [1.82, 2.24) is 0 Å². The van der Waals surface area contributed by atoms with Crippen LogP contribution in [0.1, 0.15) is 11.1 Å². The SMILES string of the molecule is O=C1C(=Cc2cc[n+](CCP(=O)(O)O)c3ccccc23)C(O)=C1C=C1C=CN(CCP(=O)(O)O)c2ccccc21. The second-order valence-corrected chi connectivity index (χ2v) is 13.1. The summed E-state index contributed by atoms with van der Waals surface area (Å²) in [5.74, 6) is -0.475. The van der Waals surface area contributed by atoms with Crippen molar-refractivity contribution in [3.05, 3.63) is 107 Å². The van der Waals surface area contributed by atoms with Gasteiger partial charge in [0, 0.05) is 36.1 Å². The summed E-state index contributed by atoms with van der Waals surface area (Å²) in [4.78, 5) is 51.9. The Bertz CT molecular complexity index is 1750. The molecular formula is C28H27N2O8P2+. The van der Waals surface area contributed by atoms with E-state index in [1.54, 1.807) is 46.2 Å². The predicted octanol–water partition coefficient (Wildman–Crippen LogP) is 3.68. The van der Waals surface area contributed by atoms with E-state index in [2.05, 4.69) is 0 Å². The number of aromatic nitrogens is 1. The fraction of sp³-hybridized carbons (Fsp3) is 0.143. The highest BCUT2D eigenvalue weighted by Gasteiger charge is 2.33. The smallest absolute Gasteiger partial charge is 0.331 e. The van der Waals surface area contributed by atoms with Crippen LogP contribution in [0.3, 0.4) is 0 Å². The van der Waals surface area contributed by atoms with Gasteiger partial charge in [-0.3, -0.25) is 13.9 Å². The molecule has 0 radical (unpaired) electrons.